The normalized spacial score (nSPS) is 14.0. The number of carbonyl (C=O) groups excluding carboxylic acids is 3. The number of hydrogen-bond acceptors (Lipinski definition) is 6. The predicted octanol–water partition coefficient (Wildman–Crippen LogP) is 2.89. The van der Waals surface area contributed by atoms with E-state index in [-0.39, 0.29) is 19.3 Å². The second kappa shape index (κ2) is 14.0. The highest BCUT2D eigenvalue weighted by molar-refractivity contribution is 6.11. The maximum atomic E-state index is 12.6. The smallest absolute Gasteiger partial charge is 0.210 e. The van der Waals surface area contributed by atoms with E-state index in [2.05, 4.69) is 0 Å². The van der Waals surface area contributed by atoms with Crippen LogP contribution in [-0.2, 0) is 14.4 Å². The van der Waals surface area contributed by atoms with Gasteiger partial charge in [-0.2, -0.15) is 0 Å². The molecular formula is C21H38O6. The van der Waals surface area contributed by atoms with Gasteiger partial charge in [-0.3, -0.25) is 14.4 Å². The summed E-state index contributed by atoms with van der Waals surface area (Å²) in [4.78, 5) is 37.3. The highest BCUT2D eigenvalue weighted by Crippen LogP contribution is 2.24. The van der Waals surface area contributed by atoms with Gasteiger partial charge in [0.1, 0.15) is 12.2 Å². The van der Waals surface area contributed by atoms with Crippen molar-refractivity contribution in [3.05, 3.63) is 0 Å². The standard InChI is InChI=1S/C21H38O6/c1-4-7-10-13-16(22)19(25)20(26)21(27,17(23)14-11-8-5-2)18(24)15-12-9-6-3/h19-20,25-27H,4-15H2,1-3H3. The van der Waals surface area contributed by atoms with Crippen molar-refractivity contribution in [2.75, 3.05) is 0 Å². The van der Waals surface area contributed by atoms with E-state index in [0.717, 1.165) is 38.5 Å². The first-order chi connectivity index (χ1) is 12.8. The molecule has 0 aliphatic heterocycles. The molecule has 3 N–H and O–H groups in total. The number of Topliss-reactive ketones (excluding diaryl/α,β-unsaturated/α-hetero) is 3. The molecule has 2 unspecified atom stereocenters. The van der Waals surface area contributed by atoms with Gasteiger partial charge in [0.2, 0.25) is 5.60 Å². The molecule has 0 bridgehead atoms. The number of rotatable bonds is 17. The predicted molar refractivity (Wildman–Crippen MR) is 104 cm³/mol. The van der Waals surface area contributed by atoms with Gasteiger partial charge in [-0.05, 0) is 19.3 Å². The second-order valence-electron chi connectivity index (χ2n) is 7.34. The van der Waals surface area contributed by atoms with Gasteiger partial charge < -0.3 is 15.3 Å². The summed E-state index contributed by atoms with van der Waals surface area (Å²) in [5, 5.41) is 31.5. The molecule has 0 radical (unpaired) electrons. The van der Waals surface area contributed by atoms with Gasteiger partial charge in [0.15, 0.2) is 17.3 Å². The van der Waals surface area contributed by atoms with Gasteiger partial charge >= 0.3 is 0 Å². The van der Waals surface area contributed by atoms with Crippen molar-refractivity contribution in [2.24, 2.45) is 0 Å². The lowest BCUT2D eigenvalue weighted by Crippen LogP contribution is -2.61. The first-order valence-electron chi connectivity index (χ1n) is 10.4. The zero-order chi connectivity index (χ0) is 20.9. The molecule has 0 fully saturated rings. The molecule has 0 aromatic heterocycles. The van der Waals surface area contributed by atoms with E-state index in [4.69, 9.17) is 0 Å². The van der Waals surface area contributed by atoms with Crippen LogP contribution in [-0.4, -0.2) is 50.5 Å². The van der Waals surface area contributed by atoms with Crippen LogP contribution in [0.1, 0.15) is 97.8 Å². The molecule has 6 heteroatoms. The largest absolute Gasteiger partial charge is 0.386 e. The summed E-state index contributed by atoms with van der Waals surface area (Å²) in [5.41, 5.74) is -2.72. The summed E-state index contributed by atoms with van der Waals surface area (Å²) in [5.74, 6) is -2.28. The van der Waals surface area contributed by atoms with E-state index >= 15 is 0 Å². The Balaban J connectivity index is 5.31. The molecule has 2 atom stereocenters. The zero-order valence-electron chi connectivity index (χ0n) is 17.2. The Morgan fingerprint density at radius 3 is 1.44 bits per heavy atom. The molecule has 0 amide bonds. The minimum Gasteiger partial charge on any atom is -0.386 e. The van der Waals surface area contributed by atoms with Crippen molar-refractivity contribution < 1.29 is 29.7 Å². The Morgan fingerprint density at radius 1 is 0.704 bits per heavy atom. The quantitative estimate of drug-likeness (QED) is 0.262. The van der Waals surface area contributed by atoms with Crippen LogP contribution >= 0.6 is 0 Å². The molecule has 0 aliphatic rings. The van der Waals surface area contributed by atoms with E-state index in [1.165, 1.54) is 0 Å². The van der Waals surface area contributed by atoms with E-state index in [1.54, 1.807) is 0 Å². The van der Waals surface area contributed by atoms with Gasteiger partial charge in [-0.15, -0.1) is 0 Å². The Labute approximate surface area is 163 Å². The average molecular weight is 387 g/mol. The molecule has 0 aliphatic carbocycles. The fourth-order valence-corrected chi connectivity index (χ4v) is 3.04. The molecule has 6 nitrogen and oxygen atoms in total. The summed E-state index contributed by atoms with van der Waals surface area (Å²) in [6, 6.07) is 0. The number of ketones is 3. The second-order valence-corrected chi connectivity index (χ2v) is 7.34. The third kappa shape index (κ3) is 8.20. The van der Waals surface area contributed by atoms with E-state index in [0.29, 0.717) is 19.3 Å². The van der Waals surface area contributed by atoms with Gasteiger partial charge in [0.05, 0.1) is 0 Å². The number of carbonyl (C=O) groups is 3. The number of aliphatic hydroxyl groups is 3. The van der Waals surface area contributed by atoms with Crippen LogP contribution in [0.15, 0.2) is 0 Å². The van der Waals surface area contributed by atoms with Crippen LogP contribution in [0.5, 0.6) is 0 Å². The maximum Gasteiger partial charge on any atom is 0.210 e. The number of hydrogen-bond donors (Lipinski definition) is 3. The van der Waals surface area contributed by atoms with Crippen LogP contribution in [0.2, 0.25) is 0 Å². The van der Waals surface area contributed by atoms with E-state index in [9.17, 15) is 29.7 Å². The van der Waals surface area contributed by atoms with Crippen molar-refractivity contribution in [3.8, 4) is 0 Å². The van der Waals surface area contributed by atoms with Crippen molar-refractivity contribution in [1.82, 2.24) is 0 Å². The van der Waals surface area contributed by atoms with E-state index in [1.807, 2.05) is 20.8 Å². The highest BCUT2D eigenvalue weighted by Gasteiger charge is 2.52. The Kier molecular flexibility index (Phi) is 13.4. The number of aliphatic hydroxyl groups excluding tert-OH is 2. The van der Waals surface area contributed by atoms with Crippen LogP contribution in [0, 0.1) is 0 Å². The van der Waals surface area contributed by atoms with Gasteiger partial charge in [0.25, 0.3) is 0 Å². The summed E-state index contributed by atoms with van der Waals surface area (Å²) in [6.07, 6.45) is 2.23. The minimum atomic E-state index is -2.72. The lowest BCUT2D eigenvalue weighted by atomic mass is 9.79. The van der Waals surface area contributed by atoms with E-state index < -0.39 is 35.2 Å². The topological polar surface area (TPSA) is 112 Å². The SMILES string of the molecule is CCCCCC(=O)C(O)C(O)C(O)(C(=O)CCCCC)C(=O)CCCCC. The molecule has 0 rings (SSSR count). The average Bonchev–Trinajstić information content (AvgIpc) is 2.66. The maximum absolute atomic E-state index is 12.6. The van der Waals surface area contributed by atoms with Crippen LogP contribution in [0.25, 0.3) is 0 Å². The van der Waals surface area contributed by atoms with Crippen molar-refractivity contribution in [3.63, 3.8) is 0 Å². The van der Waals surface area contributed by atoms with Crippen molar-refractivity contribution >= 4 is 17.3 Å². The molecule has 158 valence electrons. The van der Waals surface area contributed by atoms with Crippen LogP contribution in [0.4, 0.5) is 0 Å². The molecule has 0 saturated heterocycles. The van der Waals surface area contributed by atoms with Gasteiger partial charge in [0, 0.05) is 19.3 Å². The third-order valence-corrected chi connectivity index (χ3v) is 4.95. The fourth-order valence-electron chi connectivity index (χ4n) is 3.04. The summed E-state index contributed by atoms with van der Waals surface area (Å²) in [6.45, 7) is 5.89. The fraction of sp³-hybridized carbons (Fsp3) is 0.857. The molecule has 0 aromatic rings. The summed E-state index contributed by atoms with van der Waals surface area (Å²) in [7, 11) is 0. The molecule has 0 heterocycles. The van der Waals surface area contributed by atoms with Gasteiger partial charge in [-0.25, -0.2) is 0 Å². The lowest BCUT2D eigenvalue weighted by molar-refractivity contribution is -0.174. The lowest BCUT2D eigenvalue weighted by Gasteiger charge is -2.32. The Morgan fingerprint density at radius 2 is 1.07 bits per heavy atom. The first kappa shape index (κ1) is 25.9. The summed E-state index contributed by atoms with van der Waals surface area (Å²) >= 11 is 0. The van der Waals surface area contributed by atoms with Crippen LogP contribution in [0.3, 0.4) is 0 Å². The monoisotopic (exact) mass is 386 g/mol. The first-order valence-corrected chi connectivity index (χ1v) is 10.4. The van der Waals surface area contributed by atoms with Crippen LogP contribution < -0.4 is 0 Å². The highest BCUT2D eigenvalue weighted by atomic mass is 16.4. The van der Waals surface area contributed by atoms with Crippen molar-refractivity contribution in [2.45, 2.75) is 116 Å². The molecular weight excluding hydrogens is 348 g/mol. The number of unbranched alkanes of at least 4 members (excludes halogenated alkanes) is 6. The molecule has 0 saturated carbocycles. The Bertz CT molecular complexity index is 438. The summed E-state index contributed by atoms with van der Waals surface area (Å²) < 4.78 is 0. The van der Waals surface area contributed by atoms with Crippen molar-refractivity contribution in [1.29, 1.82) is 0 Å². The minimum absolute atomic E-state index is 0.0379. The molecule has 0 spiro atoms. The Hall–Kier alpha value is -1.11. The molecule has 0 aromatic carbocycles. The zero-order valence-corrected chi connectivity index (χ0v) is 17.2. The molecule has 27 heavy (non-hydrogen) atoms. The third-order valence-electron chi connectivity index (χ3n) is 4.95. The van der Waals surface area contributed by atoms with Gasteiger partial charge in [-0.1, -0.05) is 59.3 Å².